The molecular formula is C13H15Cl2NO3. The minimum atomic E-state index is -0.454. The summed E-state index contributed by atoms with van der Waals surface area (Å²) in [5, 5.41) is 0.926. The van der Waals surface area contributed by atoms with Crippen LogP contribution in [0.5, 0.6) is 0 Å². The smallest absolute Gasteiger partial charge is 0.339 e. The third kappa shape index (κ3) is 3.39. The number of benzene rings is 1. The molecule has 4 nitrogen and oxygen atoms in total. The standard InChI is InChI=1S/C13H15Cl2NO3/c1-18-13(17)9-2-3-11(14)10(12(9)15)8-16-4-6-19-7-5-16/h2-3H,4-8H2,1H3. The van der Waals surface area contributed by atoms with Crippen molar-refractivity contribution in [1.82, 2.24) is 4.90 Å². The van der Waals surface area contributed by atoms with E-state index in [2.05, 4.69) is 4.90 Å². The first kappa shape index (κ1) is 14.6. The number of rotatable bonds is 3. The molecular weight excluding hydrogens is 289 g/mol. The predicted molar refractivity (Wildman–Crippen MR) is 73.9 cm³/mol. The molecule has 0 unspecified atom stereocenters. The maximum atomic E-state index is 11.6. The molecule has 1 aromatic carbocycles. The summed E-state index contributed by atoms with van der Waals surface area (Å²) in [6, 6.07) is 3.26. The Morgan fingerprint density at radius 3 is 2.68 bits per heavy atom. The Hall–Kier alpha value is -0.810. The van der Waals surface area contributed by atoms with Gasteiger partial charge in [-0.15, -0.1) is 0 Å². The number of hydrogen-bond acceptors (Lipinski definition) is 4. The molecule has 0 amide bonds. The Labute approximate surface area is 122 Å². The minimum Gasteiger partial charge on any atom is -0.465 e. The van der Waals surface area contributed by atoms with Crippen molar-refractivity contribution in [3.63, 3.8) is 0 Å². The lowest BCUT2D eigenvalue weighted by Crippen LogP contribution is -2.35. The van der Waals surface area contributed by atoms with Gasteiger partial charge in [0.1, 0.15) is 0 Å². The van der Waals surface area contributed by atoms with Crippen molar-refractivity contribution in [3.8, 4) is 0 Å². The summed E-state index contributed by atoms with van der Waals surface area (Å²) in [6.45, 7) is 3.66. The van der Waals surface area contributed by atoms with Gasteiger partial charge in [0.25, 0.3) is 0 Å². The van der Waals surface area contributed by atoms with Crippen molar-refractivity contribution in [1.29, 1.82) is 0 Å². The minimum absolute atomic E-state index is 0.344. The second-order valence-electron chi connectivity index (χ2n) is 4.27. The number of carbonyl (C=O) groups is 1. The first-order chi connectivity index (χ1) is 9.13. The van der Waals surface area contributed by atoms with E-state index in [9.17, 15) is 4.79 Å². The molecule has 1 heterocycles. The molecule has 104 valence electrons. The zero-order valence-corrected chi connectivity index (χ0v) is 12.1. The van der Waals surface area contributed by atoms with Gasteiger partial charge in [0.05, 0.1) is 30.9 Å². The predicted octanol–water partition coefficient (Wildman–Crippen LogP) is 2.61. The molecule has 0 atom stereocenters. The fraction of sp³-hybridized carbons (Fsp3) is 0.462. The van der Waals surface area contributed by atoms with Crippen molar-refractivity contribution in [3.05, 3.63) is 33.3 Å². The number of methoxy groups -OCH3 is 1. The van der Waals surface area contributed by atoms with Crippen molar-refractivity contribution in [2.75, 3.05) is 33.4 Å². The molecule has 19 heavy (non-hydrogen) atoms. The van der Waals surface area contributed by atoms with Crippen molar-refractivity contribution in [2.45, 2.75) is 6.54 Å². The molecule has 1 fully saturated rings. The van der Waals surface area contributed by atoms with Gasteiger partial charge in [-0.25, -0.2) is 4.79 Å². The van der Waals surface area contributed by atoms with Gasteiger partial charge in [-0.1, -0.05) is 23.2 Å². The first-order valence-corrected chi connectivity index (χ1v) is 6.74. The zero-order valence-electron chi connectivity index (χ0n) is 10.6. The number of ether oxygens (including phenoxy) is 2. The van der Waals surface area contributed by atoms with Gasteiger partial charge < -0.3 is 9.47 Å². The van der Waals surface area contributed by atoms with Crippen LogP contribution in [0.3, 0.4) is 0 Å². The highest BCUT2D eigenvalue weighted by atomic mass is 35.5. The number of morpholine rings is 1. The molecule has 2 rings (SSSR count). The summed E-state index contributed by atoms with van der Waals surface area (Å²) in [6.07, 6.45) is 0. The molecule has 0 aliphatic carbocycles. The van der Waals surface area contributed by atoms with Gasteiger partial charge in [0, 0.05) is 30.2 Å². The van der Waals surface area contributed by atoms with Crippen LogP contribution in [0, 0.1) is 0 Å². The van der Waals surface area contributed by atoms with Crippen LogP contribution in [0.4, 0.5) is 0 Å². The monoisotopic (exact) mass is 303 g/mol. The quantitative estimate of drug-likeness (QED) is 0.805. The highest BCUT2D eigenvalue weighted by molar-refractivity contribution is 6.37. The SMILES string of the molecule is COC(=O)c1ccc(Cl)c(CN2CCOCC2)c1Cl. The van der Waals surface area contributed by atoms with Crippen LogP contribution in [0.15, 0.2) is 12.1 Å². The summed E-state index contributed by atoms with van der Waals surface area (Å²) in [5.74, 6) is -0.454. The van der Waals surface area contributed by atoms with Crippen molar-refractivity contribution < 1.29 is 14.3 Å². The molecule has 1 aliphatic rings. The topological polar surface area (TPSA) is 38.8 Å². The molecule has 0 saturated carbocycles. The fourth-order valence-corrected chi connectivity index (χ4v) is 2.56. The zero-order chi connectivity index (χ0) is 13.8. The lowest BCUT2D eigenvalue weighted by Gasteiger charge is -2.27. The third-order valence-electron chi connectivity index (χ3n) is 3.08. The summed E-state index contributed by atoms with van der Waals surface area (Å²) < 4.78 is 10.00. The lowest BCUT2D eigenvalue weighted by molar-refractivity contribution is 0.0341. The van der Waals surface area contributed by atoms with Crippen LogP contribution in [-0.2, 0) is 16.0 Å². The van der Waals surface area contributed by atoms with Crippen LogP contribution in [0.1, 0.15) is 15.9 Å². The highest BCUT2D eigenvalue weighted by Crippen LogP contribution is 2.30. The van der Waals surface area contributed by atoms with E-state index < -0.39 is 5.97 Å². The van der Waals surface area contributed by atoms with Crippen LogP contribution >= 0.6 is 23.2 Å². The van der Waals surface area contributed by atoms with E-state index in [4.69, 9.17) is 32.7 Å². The van der Waals surface area contributed by atoms with E-state index >= 15 is 0 Å². The van der Waals surface area contributed by atoms with Gasteiger partial charge >= 0.3 is 5.97 Å². The maximum absolute atomic E-state index is 11.6. The van der Waals surface area contributed by atoms with Gasteiger partial charge in [-0.3, -0.25) is 4.90 Å². The summed E-state index contributed by atoms with van der Waals surface area (Å²) >= 11 is 12.4. The third-order valence-corrected chi connectivity index (χ3v) is 3.86. The van der Waals surface area contributed by atoms with E-state index in [1.807, 2.05) is 0 Å². The Bertz CT molecular complexity index is 473. The summed E-state index contributed by atoms with van der Waals surface area (Å²) in [4.78, 5) is 13.8. The largest absolute Gasteiger partial charge is 0.465 e. The second kappa shape index (κ2) is 6.57. The van der Waals surface area contributed by atoms with Crippen molar-refractivity contribution >= 4 is 29.2 Å². The molecule has 0 spiro atoms. The molecule has 0 radical (unpaired) electrons. The van der Waals surface area contributed by atoms with Crippen LogP contribution in [0.25, 0.3) is 0 Å². The Morgan fingerprint density at radius 1 is 1.37 bits per heavy atom. The lowest BCUT2D eigenvalue weighted by atomic mass is 10.1. The molecule has 1 aromatic rings. The van der Waals surface area contributed by atoms with E-state index in [0.29, 0.717) is 35.4 Å². The Balaban J connectivity index is 2.25. The molecule has 1 saturated heterocycles. The molecule has 1 aliphatic heterocycles. The van der Waals surface area contributed by atoms with E-state index in [-0.39, 0.29) is 0 Å². The number of hydrogen-bond donors (Lipinski definition) is 0. The second-order valence-corrected chi connectivity index (χ2v) is 5.05. The highest BCUT2D eigenvalue weighted by Gasteiger charge is 2.19. The summed E-state index contributed by atoms with van der Waals surface area (Å²) in [5.41, 5.74) is 1.10. The number of carbonyl (C=O) groups excluding carboxylic acids is 1. The van der Waals surface area contributed by atoms with Gasteiger partial charge in [-0.05, 0) is 12.1 Å². The first-order valence-electron chi connectivity index (χ1n) is 5.98. The van der Waals surface area contributed by atoms with E-state index in [1.54, 1.807) is 12.1 Å². The Kier molecular flexibility index (Phi) is 5.05. The molecule has 0 aromatic heterocycles. The number of esters is 1. The average molecular weight is 304 g/mol. The molecule has 6 heteroatoms. The van der Waals surface area contributed by atoms with Gasteiger partial charge in [0.15, 0.2) is 0 Å². The number of halogens is 2. The van der Waals surface area contributed by atoms with Crippen LogP contribution in [0.2, 0.25) is 10.0 Å². The van der Waals surface area contributed by atoms with Crippen LogP contribution in [-0.4, -0.2) is 44.3 Å². The Morgan fingerprint density at radius 2 is 2.05 bits per heavy atom. The van der Waals surface area contributed by atoms with E-state index in [0.717, 1.165) is 18.7 Å². The van der Waals surface area contributed by atoms with Gasteiger partial charge in [0.2, 0.25) is 0 Å². The van der Waals surface area contributed by atoms with Gasteiger partial charge in [-0.2, -0.15) is 0 Å². The summed E-state index contributed by atoms with van der Waals surface area (Å²) in [7, 11) is 1.33. The number of nitrogens with zero attached hydrogens (tertiary/aromatic N) is 1. The van der Waals surface area contributed by atoms with Crippen molar-refractivity contribution in [2.24, 2.45) is 0 Å². The van der Waals surface area contributed by atoms with Crippen LogP contribution < -0.4 is 0 Å². The molecule has 0 N–H and O–H groups in total. The van der Waals surface area contributed by atoms with E-state index in [1.165, 1.54) is 7.11 Å². The fourth-order valence-electron chi connectivity index (χ4n) is 1.99. The molecule has 0 bridgehead atoms. The average Bonchev–Trinajstić information content (AvgIpc) is 2.44. The maximum Gasteiger partial charge on any atom is 0.339 e. The normalized spacial score (nSPS) is 16.4.